The lowest BCUT2D eigenvalue weighted by molar-refractivity contribution is -0.00194. The molecule has 1 aromatic carbocycles. The number of rotatable bonds is 2. The number of carbonyl (C=O) groups is 1. The van der Waals surface area contributed by atoms with E-state index in [-0.39, 0.29) is 12.0 Å². The molecule has 0 unspecified atom stereocenters. The lowest BCUT2D eigenvalue weighted by atomic mass is 10.1. The number of carbonyl (C=O) groups excluding carboxylic acids is 1. The minimum atomic E-state index is -0.0679. The van der Waals surface area contributed by atoms with Crippen LogP contribution in [0.25, 0.3) is 0 Å². The predicted octanol–water partition coefficient (Wildman–Crippen LogP) is 2.50. The Morgan fingerprint density at radius 2 is 2.00 bits per heavy atom. The van der Waals surface area contributed by atoms with E-state index >= 15 is 0 Å². The number of fused-ring (bicyclic) bond motifs is 1. The smallest absolute Gasteiger partial charge is 0.276 e. The fourth-order valence-electron chi connectivity index (χ4n) is 2.97. The zero-order valence-corrected chi connectivity index (χ0v) is 15.4. The highest BCUT2D eigenvalue weighted by Crippen LogP contribution is 2.28. The molecule has 0 N–H and O–H groups in total. The quantitative estimate of drug-likeness (QED) is 0.763. The zero-order chi connectivity index (χ0) is 16.5. The molecule has 126 valence electrons. The Labute approximate surface area is 152 Å². The molecule has 1 saturated heterocycles. The van der Waals surface area contributed by atoms with Crippen LogP contribution in [0.3, 0.4) is 0 Å². The monoisotopic (exact) mass is 408 g/mol. The van der Waals surface area contributed by atoms with Gasteiger partial charge in [-0.15, -0.1) is 5.10 Å². The Morgan fingerprint density at radius 1 is 1.25 bits per heavy atom. The number of aromatic nitrogens is 3. The average molecular weight is 409 g/mol. The van der Waals surface area contributed by atoms with Gasteiger partial charge in [0.2, 0.25) is 0 Å². The molecule has 1 aromatic heterocycles. The van der Waals surface area contributed by atoms with Crippen molar-refractivity contribution in [1.82, 2.24) is 19.9 Å². The highest BCUT2D eigenvalue weighted by molar-refractivity contribution is 9.10. The summed E-state index contributed by atoms with van der Waals surface area (Å²) in [5.74, 6) is 1.94. The maximum Gasteiger partial charge on any atom is 0.276 e. The normalized spacial score (nSPS) is 20.7. The van der Waals surface area contributed by atoms with Crippen molar-refractivity contribution in [1.29, 1.82) is 0 Å². The van der Waals surface area contributed by atoms with E-state index in [0.29, 0.717) is 18.8 Å². The number of hydrogen-bond donors (Lipinski definition) is 0. The Kier molecular flexibility index (Phi) is 4.60. The molecule has 3 heterocycles. The van der Waals surface area contributed by atoms with Gasteiger partial charge in [-0.1, -0.05) is 33.3 Å². The second kappa shape index (κ2) is 6.85. The summed E-state index contributed by atoms with van der Waals surface area (Å²) >= 11 is 5.32. The molecular weight excluding hydrogens is 392 g/mol. The van der Waals surface area contributed by atoms with Gasteiger partial charge >= 0.3 is 0 Å². The molecule has 2 aromatic rings. The van der Waals surface area contributed by atoms with Crippen molar-refractivity contribution in [2.24, 2.45) is 0 Å². The van der Waals surface area contributed by atoms with E-state index in [1.807, 2.05) is 45.6 Å². The molecule has 8 heteroatoms. The van der Waals surface area contributed by atoms with Crippen LogP contribution >= 0.6 is 27.7 Å². The molecule has 0 bridgehead atoms. The third kappa shape index (κ3) is 3.10. The molecule has 1 amide bonds. The van der Waals surface area contributed by atoms with Crippen LogP contribution in [0.5, 0.6) is 0 Å². The Balaban J connectivity index is 1.53. The molecule has 2 aliphatic heterocycles. The van der Waals surface area contributed by atoms with Gasteiger partial charge in [0.05, 0.1) is 18.8 Å². The SMILES string of the molecule is O=C(c1nnn2c1CO[C@@H](c1ccc(Br)cc1)C2)N1CCSCC1. The van der Waals surface area contributed by atoms with Crippen molar-refractivity contribution >= 4 is 33.6 Å². The fraction of sp³-hybridized carbons (Fsp3) is 0.438. The van der Waals surface area contributed by atoms with Crippen molar-refractivity contribution in [2.45, 2.75) is 19.3 Å². The maximum atomic E-state index is 12.7. The van der Waals surface area contributed by atoms with Crippen molar-refractivity contribution in [3.05, 3.63) is 45.7 Å². The zero-order valence-electron chi connectivity index (χ0n) is 13.0. The maximum absolute atomic E-state index is 12.7. The van der Waals surface area contributed by atoms with E-state index < -0.39 is 0 Å². The van der Waals surface area contributed by atoms with Gasteiger partial charge in [0.15, 0.2) is 5.69 Å². The number of ether oxygens (including phenoxy) is 1. The van der Waals surface area contributed by atoms with Gasteiger partial charge in [0.1, 0.15) is 6.10 Å². The summed E-state index contributed by atoms with van der Waals surface area (Å²) in [6.45, 7) is 2.49. The molecule has 6 nitrogen and oxygen atoms in total. The molecule has 0 aliphatic carbocycles. The summed E-state index contributed by atoms with van der Waals surface area (Å²) in [5.41, 5.74) is 2.32. The number of nitrogens with zero attached hydrogens (tertiary/aromatic N) is 4. The average Bonchev–Trinajstić information content (AvgIpc) is 3.05. The summed E-state index contributed by atoms with van der Waals surface area (Å²) in [6.07, 6.45) is -0.0679. The van der Waals surface area contributed by atoms with Crippen molar-refractivity contribution < 1.29 is 9.53 Å². The molecule has 0 saturated carbocycles. The molecule has 1 fully saturated rings. The number of amides is 1. The summed E-state index contributed by atoms with van der Waals surface area (Å²) in [4.78, 5) is 14.5. The highest BCUT2D eigenvalue weighted by atomic mass is 79.9. The standard InChI is InChI=1S/C16H17BrN4O2S/c17-12-3-1-11(2-4-12)14-9-21-13(10-23-14)15(18-19-21)16(22)20-5-7-24-8-6-20/h1-4,14H,5-10H2/t14-/m1/s1. The fourth-order valence-corrected chi connectivity index (χ4v) is 4.14. The van der Waals surface area contributed by atoms with Gasteiger partial charge in [-0.05, 0) is 17.7 Å². The number of benzene rings is 1. The van der Waals surface area contributed by atoms with E-state index in [2.05, 4.69) is 26.2 Å². The van der Waals surface area contributed by atoms with Crippen LogP contribution in [0.2, 0.25) is 0 Å². The summed E-state index contributed by atoms with van der Waals surface area (Å²) in [5, 5.41) is 8.33. The van der Waals surface area contributed by atoms with Gasteiger partial charge in [0, 0.05) is 29.1 Å². The first kappa shape index (κ1) is 16.1. The minimum absolute atomic E-state index is 0.0257. The lowest BCUT2D eigenvalue weighted by Crippen LogP contribution is -2.38. The van der Waals surface area contributed by atoms with Crippen molar-refractivity contribution in [2.75, 3.05) is 24.6 Å². The third-order valence-electron chi connectivity index (χ3n) is 4.34. The van der Waals surface area contributed by atoms with Crippen LogP contribution in [0, 0.1) is 0 Å². The third-order valence-corrected chi connectivity index (χ3v) is 5.81. The Bertz CT molecular complexity index is 743. The van der Waals surface area contributed by atoms with Gasteiger partial charge in [-0.2, -0.15) is 11.8 Å². The highest BCUT2D eigenvalue weighted by Gasteiger charge is 2.30. The van der Waals surface area contributed by atoms with E-state index in [0.717, 1.165) is 40.3 Å². The van der Waals surface area contributed by atoms with Gasteiger partial charge in [0.25, 0.3) is 5.91 Å². The van der Waals surface area contributed by atoms with Crippen molar-refractivity contribution in [3.8, 4) is 0 Å². The number of thioether (sulfide) groups is 1. The van der Waals surface area contributed by atoms with Crippen LogP contribution in [-0.2, 0) is 17.9 Å². The minimum Gasteiger partial charge on any atom is -0.365 e. The van der Waals surface area contributed by atoms with Crippen LogP contribution in [-0.4, -0.2) is 50.4 Å². The van der Waals surface area contributed by atoms with Crippen LogP contribution in [0.15, 0.2) is 28.7 Å². The van der Waals surface area contributed by atoms with E-state index in [9.17, 15) is 4.79 Å². The van der Waals surface area contributed by atoms with Crippen LogP contribution in [0.4, 0.5) is 0 Å². The largest absolute Gasteiger partial charge is 0.365 e. The van der Waals surface area contributed by atoms with Crippen LogP contribution in [0.1, 0.15) is 27.8 Å². The van der Waals surface area contributed by atoms with E-state index in [4.69, 9.17) is 4.74 Å². The molecule has 2 aliphatic rings. The summed E-state index contributed by atoms with van der Waals surface area (Å²) in [7, 11) is 0. The molecule has 24 heavy (non-hydrogen) atoms. The summed E-state index contributed by atoms with van der Waals surface area (Å²) in [6, 6.07) is 8.07. The lowest BCUT2D eigenvalue weighted by Gasteiger charge is -2.27. The summed E-state index contributed by atoms with van der Waals surface area (Å²) < 4.78 is 8.82. The molecule has 1 atom stereocenters. The predicted molar refractivity (Wildman–Crippen MR) is 94.9 cm³/mol. The first-order valence-corrected chi connectivity index (χ1v) is 9.83. The first-order valence-electron chi connectivity index (χ1n) is 7.89. The molecule has 0 spiro atoms. The Morgan fingerprint density at radius 3 is 2.75 bits per heavy atom. The Hall–Kier alpha value is -1.38. The second-order valence-corrected chi connectivity index (χ2v) is 7.96. The number of halogens is 1. The van der Waals surface area contributed by atoms with Gasteiger partial charge < -0.3 is 9.64 Å². The van der Waals surface area contributed by atoms with Crippen molar-refractivity contribution in [3.63, 3.8) is 0 Å². The number of hydrogen-bond acceptors (Lipinski definition) is 5. The second-order valence-electron chi connectivity index (χ2n) is 5.82. The van der Waals surface area contributed by atoms with Gasteiger partial charge in [-0.25, -0.2) is 4.68 Å². The topological polar surface area (TPSA) is 60.3 Å². The van der Waals surface area contributed by atoms with Crippen LogP contribution < -0.4 is 0 Å². The van der Waals surface area contributed by atoms with Gasteiger partial charge in [-0.3, -0.25) is 4.79 Å². The molecule has 4 rings (SSSR count). The molecular formula is C16H17BrN4O2S. The van der Waals surface area contributed by atoms with E-state index in [1.54, 1.807) is 0 Å². The van der Waals surface area contributed by atoms with E-state index in [1.165, 1.54) is 0 Å². The first-order chi connectivity index (χ1) is 11.7. The molecule has 0 radical (unpaired) electrons.